The van der Waals surface area contributed by atoms with Gasteiger partial charge in [-0.25, -0.2) is 5.43 Å². The smallest absolute Gasteiger partial charge is 0.329 e. The summed E-state index contributed by atoms with van der Waals surface area (Å²) in [6, 6.07) is 17.8. The van der Waals surface area contributed by atoms with Crippen molar-refractivity contribution in [1.29, 1.82) is 0 Å². The molecule has 0 heterocycles. The molecular weight excluding hydrogens is 504 g/mol. The van der Waals surface area contributed by atoms with Crippen molar-refractivity contribution in [3.05, 3.63) is 82.3 Å². The van der Waals surface area contributed by atoms with Crippen LogP contribution in [0.5, 0.6) is 11.5 Å². The highest BCUT2D eigenvalue weighted by molar-refractivity contribution is 9.10. The number of nitrogens with one attached hydrogen (secondary N) is 3. The number of phenols is 1. The third kappa shape index (κ3) is 6.66. The number of amides is 3. The third-order valence-corrected chi connectivity index (χ3v) is 4.90. The second-order valence-corrected chi connectivity index (χ2v) is 7.73. The van der Waals surface area contributed by atoms with Crippen LogP contribution in [0.4, 0.5) is 11.4 Å². The quantitative estimate of drug-likeness (QED) is 0.211. The van der Waals surface area contributed by atoms with Crippen molar-refractivity contribution in [2.24, 2.45) is 5.10 Å². The topological polar surface area (TPSA) is 129 Å². The van der Waals surface area contributed by atoms with Crippen molar-refractivity contribution in [1.82, 2.24) is 5.43 Å². The molecular formula is C24H21BrN4O5. The van der Waals surface area contributed by atoms with Crippen molar-refractivity contribution in [3.63, 3.8) is 0 Å². The van der Waals surface area contributed by atoms with Crippen molar-refractivity contribution in [3.8, 4) is 11.5 Å². The molecule has 0 spiro atoms. The van der Waals surface area contributed by atoms with E-state index in [0.717, 1.165) is 0 Å². The van der Waals surface area contributed by atoms with Gasteiger partial charge >= 0.3 is 11.8 Å². The number of hydrazone groups is 1. The number of aromatic hydroxyl groups is 1. The van der Waals surface area contributed by atoms with Gasteiger partial charge in [0.05, 0.1) is 24.1 Å². The molecule has 0 fully saturated rings. The van der Waals surface area contributed by atoms with E-state index in [-0.39, 0.29) is 17.0 Å². The number of phenolic OH excluding ortho intramolecular Hbond substituents is 1. The van der Waals surface area contributed by atoms with Gasteiger partial charge in [-0.15, -0.1) is 0 Å². The Hall–Kier alpha value is -4.18. The van der Waals surface area contributed by atoms with Crippen LogP contribution in [-0.2, 0) is 9.59 Å². The van der Waals surface area contributed by atoms with Gasteiger partial charge in [0.15, 0.2) is 0 Å². The monoisotopic (exact) mass is 524 g/mol. The van der Waals surface area contributed by atoms with Gasteiger partial charge in [-0.2, -0.15) is 5.10 Å². The van der Waals surface area contributed by atoms with Gasteiger partial charge in [0.2, 0.25) is 0 Å². The van der Waals surface area contributed by atoms with Crippen LogP contribution in [0.3, 0.4) is 0 Å². The summed E-state index contributed by atoms with van der Waals surface area (Å²) in [5, 5.41) is 18.6. The number of benzene rings is 3. The predicted molar refractivity (Wildman–Crippen MR) is 132 cm³/mol. The summed E-state index contributed by atoms with van der Waals surface area (Å²) in [6.07, 6.45) is 1.20. The lowest BCUT2D eigenvalue weighted by Crippen LogP contribution is -2.33. The fourth-order valence-electron chi connectivity index (χ4n) is 2.81. The maximum Gasteiger partial charge on any atom is 0.329 e. The summed E-state index contributed by atoms with van der Waals surface area (Å²) >= 11 is 3.26. The van der Waals surface area contributed by atoms with E-state index in [1.165, 1.54) is 24.4 Å². The number of halogens is 1. The molecule has 174 valence electrons. The van der Waals surface area contributed by atoms with Crippen LogP contribution >= 0.6 is 15.9 Å². The Kier molecular flexibility index (Phi) is 8.36. The first-order valence-corrected chi connectivity index (χ1v) is 10.9. The summed E-state index contributed by atoms with van der Waals surface area (Å²) in [5.74, 6) is -1.90. The zero-order valence-electron chi connectivity index (χ0n) is 18.0. The van der Waals surface area contributed by atoms with Gasteiger partial charge in [-0.3, -0.25) is 14.4 Å². The molecule has 4 N–H and O–H groups in total. The molecule has 3 aromatic carbocycles. The van der Waals surface area contributed by atoms with Crippen molar-refractivity contribution in [2.45, 2.75) is 6.92 Å². The predicted octanol–water partition coefficient (Wildman–Crippen LogP) is 3.89. The van der Waals surface area contributed by atoms with E-state index < -0.39 is 17.7 Å². The molecule has 0 aliphatic heterocycles. The second kappa shape index (κ2) is 11.6. The fraction of sp³-hybridized carbons (Fsp3) is 0.0833. The van der Waals surface area contributed by atoms with Crippen LogP contribution in [-0.4, -0.2) is 35.6 Å². The Balaban J connectivity index is 1.63. The Morgan fingerprint density at radius 1 is 1.00 bits per heavy atom. The van der Waals surface area contributed by atoms with Crippen LogP contribution in [0.1, 0.15) is 22.8 Å². The first-order chi connectivity index (χ1) is 16.4. The molecule has 9 nitrogen and oxygen atoms in total. The number of anilines is 2. The fourth-order valence-corrected chi connectivity index (χ4v) is 3.19. The van der Waals surface area contributed by atoms with E-state index >= 15 is 0 Å². The minimum absolute atomic E-state index is 0.0434. The van der Waals surface area contributed by atoms with Crippen LogP contribution < -0.4 is 20.8 Å². The number of para-hydroxylation sites is 1. The van der Waals surface area contributed by atoms with Crippen molar-refractivity contribution >= 4 is 51.2 Å². The molecule has 34 heavy (non-hydrogen) atoms. The summed E-state index contributed by atoms with van der Waals surface area (Å²) in [4.78, 5) is 37.2. The maximum absolute atomic E-state index is 12.7. The number of rotatable bonds is 7. The lowest BCUT2D eigenvalue weighted by atomic mass is 10.1. The molecule has 0 aliphatic rings. The van der Waals surface area contributed by atoms with Gasteiger partial charge < -0.3 is 20.5 Å². The van der Waals surface area contributed by atoms with Crippen molar-refractivity contribution < 1.29 is 24.2 Å². The number of carbonyl (C=O) groups is 3. The Bertz CT molecular complexity index is 1230. The van der Waals surface area contributed by atoms with E-state index in [4.69, 9.17) is 4.74 Å². The minimum Gasteiger partial charge on any atom is -0.507 e. The van der Waals surface area contributed by atoms with Gasteiger partial charge in [0.25, 0.3) is 5.91 Å². The van der Waals surface area contributed by atoms with Crippen LogP contribution in [0.2, 0.25) is 0 Å². The molecule has 3 aromatic rings. The van der Waals surface area contributed by atoms with Gasteiger partial charge in [-0.1, -0.05) is 28.1 Å². The standard InChI is InChI=1S/C24H21BrN4O5/c1-2-34-18-10-8-17(9-11-18)27-22(31)19-5-3-4-6-20(19)28-23(32)24(33)29-26-14-15-13-16(25)7-12-21(15)30/h3-14,30H,2H2,1H3,(H,27,31)(H,28,32)(H,29,33). The molecule has 3 rings (SSSR count). The van der Waals surface area contributed by atoms with E-state index in [1.54, 1.807) is 48.5 Å². The van der Waals surface area contributed by atoms with Crippen LogP contribution in [0.15, 0.2) is 76.3 Å². The van der Waals surface area contributed by atoms with E-state index in [0.29, 0.717) is 28.1 Å². The molecule has 0 atom stereocenters. The Labute approximate surface area is 204 Å². The van der Waals surface area contributed by atoms with E-state index in [2.05, 4.69) is 37.1 Å². The average Bonchev–Trinajstić information content (AvgIpc) is 2.83. The van der Waals surface area contributed by atoms with E-state index in [1.807, 2.05) is 6.92 Å². The Morgan fingerprint density at radius 2 is 1.74 bits per heavy atom. The molecule has 10 heteroatoms. The zero-order chi connectivity index (χ0) is 24.5. The van der Waals surface area contributed by atoms with E-state index in [9.17, 15) is 19.5 Å². The number of hydrogen-bond donors (Lipinski definition) is 4. The molecule has 0 aliphatic carbocycles. The third-order valence-electron chi connectivity index (χ3n) is 4.41. The molecule has 0 unspecified atom stereocenters. The normalized spacial score (nSPS) is 10.5. The maximum atomic E-state index is 12.7. The van der Waals surface area contributed by atoms with Gasteiger partial charge in [0, 0.05) is 15.7 Å². The first-order valence-electron chi connectivity index (χ1n) is 10.1. The highest BCUT2D eigenvalue weighted by Gasteiger charge is 2.18. The molecule has 0 aromatic heterocycles. The lowest BCUT2D eigenvalue weighted by molar-refractivity contribution is -0.136. The lowest BCUT2D eigenvalue weighted by Gasteiger charge is -2.11. The summed E-state index contributed by atoms with van der Waals surface area (Å²) in [6.45, 7) is 2.41. The minimum atomic E-state index is -1.05. The molecule has 3 amide bonds. The van der Waals surface area contributed by atoms with Crippen molar-refractivity contribution in [2.75, 3.05) is 17.2 Å². The Morgan fingerprint density at radius 3 is 2.47 bits per heavy atom. The zero-order valence-corrected chi connectivity index (χ0v) is 19.6. The molecule has 0 saturated carbocycles. The summed E-state index contributed by atoms with van der Waals surface area (Å²) in [5.41, 5.74) is 3.28. The average molecular weight is 525 g/mol. The first kappa shape index (κ1) is 24.5. The highest BCUT2D eigenvalue weighted by Crippen LogP contribution is 2.21. The van der Waals surface area contributed by atoms with Gasteiger partial charge in [0.1, 0.15) is 11.5 Å². The summed E-state index contributed by atoms with van der Waals surface area (Å²) in [7, 11) is 0. The highest BCUT2D eigenvalue weighted by atomic mass is 79.9. The largest absolute Gasteiger partial charge is 0.507 e. The number of ether oxygens (including phenoxy) is 1. The number of hydrogen-bond acceptors (Lipinski definition) is 6. The van der Waals surface area contributed by atoms with Crippen LogP contribution in [0, 0.1) is 0 Å². The summed E-state index contributed by atoms with van der Waals surface area (Å²) < 4.78 is 6.08. The van der Waals surface area contributed by atoms with Gasteiger partial charge in [-0.05, 0) is 61.5 Å². The number of carbonyl (C=O) groups excluding carboxylic acids is 3. The number of nitrogens with zero attached hydrogens (tertiary/aromatic N) is 1. The SMILES string of the molecule is CCOc1ccc(NC(=O)c2ccccc2NC(=O)C(=O)NN=Cc2cc(Br)ccc2O)cc1. The molecule has 0 radical (unpaired) electrons. The second-order valence-electron chi connectivity index (χ2n) is 6.81. The molecule has 0 saturated heterocycles. The van der Waals surface area contributed by atoms with Crippen LogP contribution in [0.25, 0.3) is 0 Å². The molecule has 0 bridgehead atoms.